The van der Waals surface area contributed by atoms with E-state index in [1.165, 1.54) is 6.01 Å². The number of guanidine groups is 1. The molecule has 0 fully saturated rings. The standard InChI is InChI=1S/C2H3N4.3C2H5.Pb/c3-1-6-2(4)5;3*1-2;/h(H3,4,5);3*1H2,2H3;/q-1;;;;. The van der Waals surface area contributed by atoms with Crippen LogP contribution in [0.5, 0.6) is 0 Å². The van der Waals surface area contributed by atoms with Crippen molar-refractivity contribution in [1.82, 2.24) is 0 Å². The Balaban J connectivity index is 0. The summed E-state index contributed by atoms with van der Waals surface area (Å²) in [7, 11) is 0. The molecule has 0 rings (SSSR count). The molecule has 3 N–H and O–H groups in total. The Morgan fingerprint density at radius 2 is 1.77 bits per heavy atom. The molecule has 0 aromatic carbocycles. The number of rotatable bonds is 3. The van der Waals surface area contributed by atoms with E-state index in [9.17, 15) is 0 Å². The maximum Gasteiger partial charge on any atom is 0.111 e. The monoisotopic (exact) mass is 378 g/mol. The molecule has 0 amide bonds. The first-order chi connectivity index (χ1) is 6.12. The van der Waals surface area contributed by atoms with Crippen LogP contribution in [-0.2, 0) is 0 Å². The molecule has 0 saturated heterocycles. The van der Waals surface area contributed by atoms with Crippen LogP contribution < -0.4 is 5.73 Å². The van der Waals surface area contributed by atoms with E-state index >= 15 is 0 Å². The van der Waals surface area contributed by atoms with Crippen LogP contribution in [-0.4, -0.2) is 34.7 Å². The van der Waals surface area contributed by atoms with Crippen molar-refractivity contribution in [3.8, 4) is 0 Å². The third kappa shape index (κ3) is 14.6. The SMILES string of the molecule is C[CH2][Pb]([CH2]C)[CH2]C.[N-]=C=NC(=N)N. The Kier molecular flexibility index (Phi) is 13.8. The van der Waals surface area contributed by atoms with Gasteiger partial charge in [-0.25, -0.2) is 0 Å². The zero-order valence-electron chi connectivity index (χ0n) is 8.59. The Morgan fingerprint density at radius 1 is 1.38 bits per heavy atom. The van der Waals surface area contributed by atoms with Crippen molar-refractivity contribution in [3.05, 3.63) is 5.41 Å². The summed E-state index contributed by atoms with van der Waals surface area (Å²) in [5.74, 6) is -0.447. The second-order valence-corrected chi connectivity index (χ2v) is 16.5. The number of hydrogen-bond donors (Lipinski definition) is 2. The fraction of sp³-hybridized carbons (Fsp3) is 0.750. The van der Waals surface area contributed by atoms with E-state index in [1.54, 1.807) is 11.9 Å². The van der Waals surface area contributed by atoms with E-state index in [-0.39, 0.29) is 0 Å². The van der Waals surface area contributed by atoms with Gasteiger partial charge < -0.3 is 16.1 Å². The minimum atomic E-state index is -0.789. The average molecular weight is 377 g/mol. The Hall–Kier alpha value is -0.228. The third-order valence-corrected chi connectivity index (χ3v) is 13.3. The zero-order chi connectivity index (χ0) is 10.7. The van der Waals surface area contributed by atoms with Gasteiger partial charge in [0, 0.05) is 0 Å². The number of nitrogens with two attached hydrogens (primary N) is 1. The first-order valence-corrected chi connectivity index (χ1v) is 12.6. The molecule has 5 heteroatoms. The number of hydrogen-bond acceptors (Lipinski definition) is 1. The summed E-state index contributed by atoms with van der Waals surface area (Å²) in [6.07, 6.45) is 0. The summed E-state index contributed by atoms with van der Waals surface area (Å²) in [6, 6.07) is 1.34. The van der Waals surface area contributed by atoms with Crippen molar-refractivity contribution < 1.29 is 0 Å². The topological polar surface area (TPSA) is 84.5 Å². The largest absolute Gasteiger partial charge is 0.422 e. The van der Waals surface area contributed by atoms with E-state index in [0.717, 1.165) is 0 Å². The minimum Gasteiger partial charge on any atom is -0.422 e. The molecule has 0 unspecified atom stereocenters. The summed E-state index contributed by atoms with van der Waals surface area (Å²) < 4.78 is 4.70. The van der Waals surface area contributed by atoms with Crippen LogP contribution in [0.1, 0.15) is 20.8 Å². The molecule has 0 saturated carbocycles. The van der Waals surface area contributed by atoms with Crippen LogP contribution in [0.2, 0.25) is 11.9 Å². The summed E-state index contributed by atoms with van der Waals surface area (Å²) in [4.78, 5) is 2.79. The van der Waals surface area contributed by atoms with Gasteiger partial charge in [-0.2, -0.15) is 0 Å². The summed E-state index contributed by atoms with van der Waals surface area (Å²) in [6.45, 7) is 7.07. The van der Waals surface area contributed by atoms with Crippen molar-refractivity contribution in [1.29, 1.82) is 5.41 Å². The minimum absolute atomic E-state index is 0.447. The molecule has 0 spiro atoms. The Morgan fingerprint density at radius 3 is 1.77 bits per heavy atom. The first-order valence-electron chi connectivity index (χ1n) is 4.39. The molecule has 0 aliphatic rings. The fourth-order valence-corrected chi connectivity index (χ4v) is 6.64. The van der Waals surface area contributed by atoms with E-state index in [2.05, 4.69) is 31.5 Å². The predicted molar refractivity (Wildman–Crippen MR) is 59.9 cm³/mol. The van der Waals surface area contributed by atoms with Crippen molar-refractivity contribution >= 4 is 34.7 Å². The van der Waals surface area contributed by atoms with E-state index in [4.69, 9.17) is 10.8 Å². The van der Waals surface area contributed by atoms with Gasteiger partial charge in [-0.1, -0.05) is 0 Å². The summed E-state index contributed by atoms with van der Waals surface area (Å²) >= 11 is -0.789. The van der Waals surface area contributed by atoms with Crippen LogP contribution in [0, 0.1) is 5.41 Å². The molecule has 0 aromatic rings. The van der Waals surface area contributed by atoms with Gasteiger partial charge >= 0.3 is 55.4 Å². The number of nitrogens with zero attached hydrogens (tertiary/aromatic N) is 2. The molecule has 1 radical (unpaired) electrons. The van der Waals surface area contributed by atoms with Crippen LogP contribution in [0.25, 0.3) is 5.41 Å². The molecule has 0 atom stereocenters. The Bertz CT molecular complexity index is 165. The molecule has 0 aliphatic carbocycles. The molecule has 0 aliphatic heterocycles. The van der Waals surface area contributed by atoms with Gasteiger partial charge in [0.15, 0.2) is 0 Å². The fourth-order valence-electron chi connectivity index (χ4n) is 0.804. The van der Waals surface area contributed by atoms with Crippen molar-refractivity contribution in [2.45, 2.75) is 32.7 Å². The smallest absolute Gasteiger partial charge is 0.111 e. The molecule has 75 valence electrons. The van der Waals surface area contributed by atoms with Crippen LogP contribution in [0.4, 0.5) is 0 Å². The van der Waals surface area contributed by atoms with E-state index < -0.39 is 28.7 Å². The van der Waals surface area contributed by atoms with Gasteiger partial charge in [-0.05, 0) is 0 Å². The maximum atomic E-state index is 7.60. The first kappa shape index (κ1) is 15.3. The molecule has 4 nitrogen and oxygen atoms in total. The quantitative estimate of drug-likeness (QED) is 0.441. The van der Waals surface area contributed by atoms with Crippen molar-refractivity contribution in [2.24, 2.45) is 10.7 Å². The average Bonchev–Trinajstić information content (AvgIpc) is 2.08. The molecule has 13 heavy (non-hydrogen) atoms. The van der Waals surface area contributed by atoms with E-state index in [1.807, 2.05) is 0 Å². The van der Waals surface area contributed by atoms with Gasteiger partial charge in [-0.3, -0.25) is 5.41 Å². The zero-order valence-corrected chi connectivity index (χ0v) is 12.5. The predicted octanol–water partition coefficient (Wildman–Crippen LogP) is 2.16. The van der Waals surface area contributed by atoms with Crippen LogP contribution in [0.3, 0.4) is 0 Å². The molecular weight excluding hydrogens is 359 g/mol. The molecule has 0 heterocycles. The summed E-state index contributed by atoms with van der Waals surface area (Å²) in [5.41, 5.74) is 4.60. The van der Waals surface area contributed by atoms with Gasteiger partial charge in [0.1, 0.15) is 5.96 Å². The molecular formula is C8H18N4Pb-. The van der Waals surface area contributed by atoms with E-state index in [0.29, 0.717) is 0 Å². The van der Waals surface area contributed by atoms with Gasteiger partial charge in [0.05, 0.1) is 0 Å². The van der Waals surface area contributed by atoms with Gasteiger partial charge in [0.25, 0.3) is 0 Å². The molecule has 0 bridgehead atoms. The molecule has 0 aromatic heterocycles. The number of nitrogens with one attached hydrogen (secondary N) is 1. The van der Waals surface area contributed by atoms with Gasteiger partial charge in [0.2, 0.25) is 0 Å². The summed E-state index contributed by atoms with van der Waals surface area (Å²) in [5, 5.41) is 13.9. The normalized spacial score (nSPS) is 8.31. The number of aliphatic imine (C=N–C) groups is 1. The van der Waals surface area contributed by atoms with Crippen LogP contribution >= 0.6 is 0 Å². The van der Waals surface area contributed by atoms with Gasteiger partial charge in [-0.15, -0.1) is 6.01 Å². The second-order valence-electron chi connectivity index (χ2n) is 2.41. The second kappa shape index (κ2) is 11.8. The van der Waals surface area contributed by atoms with Crippen molar-refractivity contribution in [3.63, 3.8) is 0 Å². The van der Waals surface area contributed by atoms with Crippen molar-refractivity contribution in [2.75, 3.05) is 0 Å². The Labute approximate surface area is 88.8 Å². The third-order valence-electron chi connectivity index (χ3n) is 1.67. The maximum absolute atomic E-state index is 7.60. The van der Waals surface area contributed by atoms with Crippen LogP contribution in [0.15, 0.2) is 4.99 Å².